The molecule has 0 aliphatic rings. The molecule has 7 nitrogen and oxygen atoms in total. The molecule has 2 aromatic carbocycles. The van der Waals surface area contributed by atoms with Gasteiger partial charge < -0.3 is 20.1 Å². The molecule has 4 rings (SSSR count). The summed E-state index contributed by atoms with van der Waals surface area (Å²) in [5.74, 6) is -1.15. The minimum atomic E-state index is -1.17. The summed E-state index contributed by atoms with van der Waals surface area (Å²) in [4.78, 5) is 32.2. The van der Waals surface area contributed by atoms with Gasteiger partial charge in [-0.15, -0.1) is 0 Å². The lowest BCUT2D eigenvalue weighted by molar-refractivity contribution is -0.139. The van der Waals surface area contributed by atoms with E-state index < -0.39 is 17.9 Å². The lowest BCUT2D eigenvalue weighted by Crippen LogP contribution is -2.42. The van der Waals surface area contributed by atoms with E-state index in [2.05, 4.69) is 15.3 Å². The van der Waals surface area contributed by atoms with Crippen molar-refractivity contribution in [1.29, 1.82) is 0 Å². The number of aromatic amines is 1. The zero-order chi connectivity index (χ0) is 27.1. The van der Waals surface area contributed by atoms with Crippen molar-refractivity contribution in [3.05, 3.63) is 122 Å². The molecule has 2 aromatic heterocycles. The predicted octanol–water partition coefficient (Wildman–Crippen LogP) is 6.04. The molecule has 0 fully saturated rings. The highest BCUT2D eigenvalue weighted by atomic mass is 35.5. The summed E-state index contributed by atoms with van der Waals surface area (Å²) in [6.07, 6.45) is 5.52. The fraction of sp³-hybridized carbons (Fsp3) is 0.143. The summed E-state index contributed by atoms with van der Waals surface area (Å²) in [5, 5.41) is 13.5. The quantitative estimate of drug-likeness (QED) is 0.202. The second-order valence-electron chi connectivity index (χ2n) is 8.45. The third kappa shape index (κ3) is 6.98. The van der Waals surface area contributed by atoms with Gasteiger partial charge in [-0.3, -0.25) is 9.78 Å². The Balaban J connectivity index is 1.44. The largest absolute Gasteiger partial charge is 0.489 e. The van der Waals surface area contributed by atoms with E-state index in [1.54, 1.807) is 67.1 Å². The van der Waals surface area contributed by atoms with Crippen LogP contribution in [0.25, 0.3) is 0 Å². The minimum Gasteiger partial charge on any atom is -0.489 e. The number of halogens is 2. The van der Waals surface area contributed by atoms with Crippen molar-refractivity contribution in [2.75, 3.05) is 0 Å². The Morgan fingerprint density at radius 1 is 1.03 bits per heavy atom. The lowest BCUT2D eigenvalue weighted by atomic mass is 10.0. The Hall–Kier alpha value is -3.72. The summed E-state index contributed by atoms with van der Waals surface area (Å²) < 4.78 is 6.01. The number of aliphatic carboxylic acids is 1. The SMILES string of the molecule is O=C(N[C@@H](Cc1ccc(OCc2c(Cl)cccc2Cl)cc1)C(=O)O)c1c(Cc2cccnc2)cc[nH]c1=S. The highest BCUT2D eigenvalue weighted by molar-refractivity contribution is 7.71. The minimum absolute atomic E-state index is 0.0684. The van der Waals surface area contributed by atoms with Crippen LogP contribution in [0.15, 0.2) is 79.3 Å². The normalized spacial score (nSPS) is 11.5. The Kier molecular flexibility index (Phi) is 9.12. The summed E-state index contributed by atoms with van der Waals surface area (Å²) in [5.41, 5.74) is 3.18. The number of ether oxygens (including phenoxy) is 1. The molecule has 2 heterocycles. The van der Waals surface area contributed by atoms with Crippen molar-refractivity contribution >= 4 is 47.3 Å². The van der Waals surface area contributed by atoms with Gasteiger partial charge in [0.15, 0.2) is 0 Å². The summed E-state index contributed by atoms with van der Waals surface area (Å²) >= 11 is 17.7. The standard InChI is InChI=1S/C28H23Cl2N3O4S/c29-22-4-1-5-23(30)21(22)16-37-20-8-6-17(7-9-20)14-24(28(35)36)33-26(34)25-19(10-12-32-27(25)38)13-18-3-2-11-31-15-18/h1-12,15,24H,13-14,16H2,(H,32,38)(H,33,34)(H,35,36)/t24-/m0/s1. The number of pyridine rings is 2. The van der Waals surface area contributed by atoms with Crippen molar-refractivity contribution < 1.29 is 19.4 Å². The number of hydrogen-bond acceptors (Lipinski definition) is 5. The van der Waals surface area contributed by atoms with Gasteiger partial charge in [0, 0.05) is 40.6 Å². The first-order valence-electron chi connectivity index (χ1n) is 11.6. The molecule has 194 valence electrons. The maximum atomic E-state index is 13.2. The van der Waals surface area contributed by atoms with Crippen molar-refractivity contribution in [3.8, 4) is 5.75 Å². The number of carboxylic acids is 1. The van der Waals surface area contributed by atoms with Gasteiger partial charge in [0.05, 0.1) is 5.56 Å². The van der Waals surface area contributed by atoms with E-state index in [4.69, 9.17) is 40.2 Å². The number of hydrogen-bond donors (Lipinski definition) is 3. The van der Waals surface area contributed by atoms with Crippen LogP contribution >= 0.6 is 35.4 Å². The van der Waals surface area contributed by atoms with Gasteiger partial charge in [-0.25, -0.2) is 4.79 Å². The Labute approximate surface area is 234 Å². The topological polar surface area (TPSA) is 104 Å². The van der Waals surface area contributed by atoms with E-state index in [0.717, 1.165) is 5.56 Å². The number of benzene rings is 2. The van der Waals surface area contributed by atoms with Gasteiger partial charge in [0.2, 0.25) is 0 Å². The Morgan fingerprint density at radius 3 is 2.42 bits per heavy atom. The first-order chi connectivity index (χ1) is 18.3. The molecular weight excluding hydrogens is 545 g/mol. The van der Waals surface area contributed by atoms with Crippen LogP contribution in [0.3, 0.4) is 0 Å². The third-order valence-electron chi connectivity index (χ3n) is 5.80. The molecule has 10 heteroatoms. The van der Waals surface area contributed by atoms with Gasteiger partial charge in [-0.2, -0.15) is 0 Å². The van der Waals surface area contributed by atoms with E-state index in [0.29, 0.717) is 38.9 Å². The van der Waals surface area contributed by atoms with Crippen molar-refractivity contribution in [2.24, 2.45) is 0 Å². The number of nitrogens with zero attached hydrogens (tertiary/aromatic N) is 1. The zero-order valence-electron chi connectivity index (χ0n) is 20.0. The average molecular weight is 568 g/mol. The van der Waals surface area contributed by atoms with Crippen LogP contribution in [0.1, 0.15) is 32.6 Å². The smallest absolute Gasteiger partial charge is 0.326 e. The molecule has 1 amide bonds. The van der Waals surface area contributed by atoms with Crippen molar-refractivity contribution in [2.45, 2.75) is 25.5 Å². The number of carbonyl (C=O) groups is 2. The summed E-state index contributed by atoms with van der Waals surface area (Å²) in [6, 6.07) is 16.4. The number of carboxylic acid groups (broad SMARTS) is 1. The molecule has 1 atom stereocenters. The first kappa shape index (κ1) is 27.3. The summed E-state index contributed by atoms with van der Waals surface area (Å²) in [6.45, 7) is 0.185. The Bertz CT molecular complexity index is 1470. The van der Waals surface area contributed by atoms with Crippen molar-refractivity contribution in [3.63, 3.8) is 0 Å². The number of rotatable bonds is 10. The molecular formula is C28H23Cl2N3O4S. The molecule has 0 saturated carbocycles. The third-order valence-corrected chi connectivity index (χ3v) is 6.83. The molecule has 0 bridgehead atoms. The molecule has 38 heavy (non-hydrogen) atoms. The summed E-state index contributed by atoms with van der Waals surface area (Å²) in [7, 11) is 0. The number of nitrogens with one attached hydrogen (secondary N) is 2. The fourth-order valence-corrected chi connectivity index (χ4v) is 4.65. The lowest BCUT2D eigenvalue weighted by Gasteiger charge is -2.17. The van der Waals surface area contributed by atoms with Crippen LogP contribution in [0.2, 0.25) is 10.0 Å². The second kappa shape index (κ2) is 12.7. The zero-order valence-corrected chi connectivity index (χ0v) is 22.3. The highest BCUT2D eigenvalue weighted by Gasteiger charge is 2.23. The molecule has 3 N–H and O–H groups in total. The van der Waals surface area contributed by atoms with Crippen LogP contribution in [0.5, 0.6) is 5.75 Å². The van der Waals surface area contributed by atoms with Gasteiger partial charge in [0.1, 0.15) is 23.0 Å². The van der Waals surface area contributed by atoms with Crippen LogP contribution in [0, 0.1) is 4.64 Å². The van der Waals surface area contributed by atoms with E-state index in [-0.39, 0.29) is 23.2 Å². The van der Waals surface area contributed by atoms with Gasteiger partial charge >= 0.3 is 5.97 Å². The van der Waals surface area contributed by atoms with Crippen LogP contribution in [-0.2, 0) is 24.2 Å². The average Bonchev–Trinajstić information content (AvgIpc) is 2.89. The number of aromatic nitrogens is 2. The molecule has 0 radical (unpaired) electrons. The van der Waals surface area contributed by atoms with Gasteiger partial charge in [-0.1, -0.05) is 59.7 Å². The molecule has 0 aliphatic heterocycles. The van der Waals surface area contributed by atoms with Crippen LogP contribution in [0.4, 0.5) is 0 Å². The van der Waals surface area contributed by atoms with Gasteiger partial charge in [0.25, 0.3) is 5.91 Å². The Morgan fingerprint density at radius 2 is 1.76 bits per heavy atom. The molecule has 0 saturated heterocycles. The highest BCUT2D eigenvalue weighted by Crippen LogP contribution is 2.26. The number of H-pyrrole nitrogens is 1. The van der Waals surface area contributed by atoms with E-state index in [9.17, 15) is 14.7 Å². The molecule has 4 aromatic rings. The maximum absolute atomic E-state index is 13.2. The molecule has 0 unspecified atom stereocenters. The first-order valence-corrected chi connectivity index (χ1v) is 12.8. The fourth-order valence-electron chi connectivity index (χ4n) is 3.85. The number of carbonyl (C=O) groups excluding carboxylic acids is 1. The predicted molar refractivity (Wildman–Crippen MR) is 148 cm³/mol. The molecule has 0 spiro atoms. The maximum Gasteiger partial charge on any atom is 0.326 e. The molecule has 0 aliphatic carbocycles. The van der Waals surface area contributed by atoms with E-state index in [1.165, 1.54) is 0 Å². The second-order valence-corrected chi connectivity index (χ2v) is 9.67. The van der Waals surface area contributed by atoms with Crippen molar-refractivity contribution in [1.82, 2.24) is 15.3 Å². The monoisotopic (exact) mass is 567 g/mol. The van der Waals surface area contributed by atoms with E-state index >= 15 is 0 Å². The van der Waals surface area contributed by atoms with Gasteiger partial charge in [-0.05, 0) is 59.5 Å². The number of amides is 1. The van der Waals surface area contributed by atoms with E-state index in [1.807, 2.05) is 12.1 Å². The van der Waals surface area contributed by atoms with Crippen LogP contribution in [-0.4, -0.2) is 33.0 Å². The van der Waals surface area contributed by atoms with Crippen LogP contribution < -0.4 is 10.1 Å².